The molecule has 0 aromatic carbocycles. The minimum absolute atomic E-state index is 0.826. The van der Waals surface area contributed by atoms with Crippen LogP contribution in [0, 0.1) is 0 Å². The maximum absolute atomic E-state index is 4.34. The lowest BCUT2D eigenvalue weighted by atomic mass is 10.3. The summed E-state index contributed by atoms with van der Waals surface area (Å²) in [5.41, 5.74) is 1.44. The molecular weight excluding hydrogens is 180 g/mol. The van der Waals surface area contributed by atoms with Crippen molar-refractivity contribution < 1.29 is 0 Å². The Bertz CT molecular complexity index is 283. The van der Waals surface area contributed by atoms with E-state index in [0.29, 0.717) is 0 Å². The van der Waals surface area contributed by atoms with Crippen molar-refractivity contribution >= 4 is 15.4 Å². The van der Waals surface area contributed by atoms with Gasteiger partial charge in [0.1, 0.15) is 6.67 Å². The summed E-state index contributed by atoms with van der Waals surface area (Å²) in [6.45, 7) is 0.826. The molecule has 0 aliphatic carbocycles. The molecule has 0 aromatic rings. The minimum Gasteiger partial charge on any atom is -0.361 e. The van der Waals surface area contributed by atoms with Gasteiger partial charge in [0, 0.05) is 19.5 Å². The number of thiol groups is 1. The Kier molecular flexibility index (Phi) is 1.78. The van der Waals surface area contributed by atoms with Crippen molar-refractivity contribution in [3.8, 4) is 0 Å². The topological polar surface area (TPSA) is 15.6 Å². The first-order valence-electron chi connectivity index (χ1n) is 4.87. The normalized spacial score (nSPS) is 31.8. The largest absolute Gasteiger partial charge is 0.361 e. The van der Waals surface area contributed by atoms with E-state index >= 15 is 0 Å². The van der Waals surface area contributed by atoms with Crippen LogP contribution in [0.15, 0.2) is 16.8 Å². The first kappa shape index (κ1) is 9.13. The molecule has 13 heavy (non-hydrogen) atoms. The average molecular weight is 200 g/mol. The predicted octanol–water partition coefficient (Wildman–Crippen LogP) is 1.19. The van der Waals surface area contributed by atoms with Gasteiger partial charge in [0.15, 0.2) is 0 Å². The number of hydrogen-bond donors (Lipinski definition) is 1. The molecule has 76 valence electrons. The fourth-order valence-electron chi connectivity index (χ4n) is 1.78. The van der Waals surface area contributed by atoms with Crippen LogP contribution in [0.2, 0.25) is 0 Å². The zero-order valence-electron chi connectivity index (χ0n) is 8.82. The molecule has 2 aliphatic rings. The molecule has 0 radical (unpaired) electrons. The highest BCUT2D eigenvalue weighted by Gasteiger charge is 2.44. The lowest BCUT2D eigenvalue weighted by molar-refractivity contribution is 0.466. The second-order valence-corrected chi connectivity index (χ2v) is 12.8. The molecule has 2 nitrogen and oxygen atoms in total. The van der Waals surface area contributed by atoms with Gasteiger partial charge in [-0.2, -0.15) is 0 Å². The smallest absolute Gasteiger partial charge is 0.109 e. The van der Waals surface area contributed by atoms with Crippen molar-refractivity contribution in [1.29, 1.82) is 0 Å². The van der Waals surface area contributed by atoms with Gasteiger partial charge in [0.05, 0.1) is 0 Å². The Morgan fingerprint density at radius 2 is 2.15 bits per heavy atom. The van der Waals surface area contributed by atoms with Crippen LogP contribution in [-0.2, 0) is 0 Å². The number of hydrogen-bond acceptors (Lipinski definition) is 2. The Morgan fingerprint density at radius 3 is 2.69 bits per heavy atom. The van der Waals surface area contributed by atoms with Crippen molar-refractivity contribution in [2.24, 2.45) is 4.99 Å². The van der Waals surface area contributed by atoms with Crippen molar-refractivity contribution in [2.75, 3.05) is 43.5 Å². The fourth-order valence-corrected chi connectivity index (χ4v) is 5.67. The Balaban J connectivity index is 2.07. The summed E-state index contributed by atoms with van der Waals surface area (Å²) in [4.78, 5) is 6.50. The van der Waals surface area contributed by atoms with E-state index in [2.05, 4.69) is 41.9 Å². The van der Waals surface area contributed by atoms with Crippen LogP contribution >= 0.6 is 9.16 Å². The summed E-state index contributed by atoms with van der Waals surface area (Å²) >= 11 is 0. The summed E-state index contributed by atoms with van der Waals surface area (Å²) in [5.74, 6) is 4.28. The van der Waals surface area contributed by atoms with Gasteiger partial charge in [-0.3, -0.25) is 14.2 Å². The van der Waals surface area contributed by atoms with Crippen molar-refractivity contribution in [1.82, 2.24) is 4.90 Å². The molecule has 2 heterocycles. The second-order valence-electron chi connectivity index (χ2n) is 5.53. The van der Waals surface area contributed by atoms with Crippen LogP contribution in [0.25, 0.3) is 0 Å². The third-order valence-electron chi connectivity index (χ3n) is 3.10. The number of aliphatic imine (C=N–C) groups is 1. The average Bonchev–Trinajstić information content (AvgIpc) is 2.61. The molecule has 0 amide bonds. The molecular formula is C10H20N2S. The van der Waals surface area contributed by atoms with Crippen molar-refractivity contribution in [2.45, 2.75) is 0 Å². The first-order chi connectivity index (χ1) is 5.96. The van der Waals surface area contributed by atoms with E-state index in [1.807, 2.05) is 0 Å². The van der Waals surface area contributed by atoms with Crippen LogP contribution in [0.4, 0.5) is 0 Å². The van der Waals surface area contributed by atoms with E-state index in [0.717, 1.165) is 6.67 Å². The van der Waals surface area contributed by atoms with Gasteiger partial charge < -0.3 is 4.90 Å². The summed E-state index contributed by atoms with van der Waals surface area (Å²) in [7, 11) is 0.924. The Hall–Kier alpha value is -0.440. The molecule has 0 bridgehead atoms. The highest BCUT2D eigenvalue weighted by Crippen LogP contribution is 2.76. The molecule has 0 N–H and O–H groups in total. The van der Waals surface area contributed by atoms with Crippen LogP contribution in [0.5, 0.6) is 0 Å². The van der Waals surface area contributed by atoms with Crippen LogP contribution < -0.4 is 0 Å². The van der Waals surface area contributed by atoms with Gasteiger partial charge in [0.2, 0.25) is 0 Å². The van der Waals surface area contributed by atoms with Crippen molar-refractivity contribution in [3.63, 3.8) is 0 Å². The summed E-state index contributed by atoms with van der Waals surface area (Å²) in [6, 6.07) is 0. The van der Waals surface area contributed by atoms with Gasteiger partial charge >= 0.3 is 0 Å². The third-order valence-corrected chi connectivity index (χ3v) is 7.42. The van der Waals surface area contributed by atoms with E-state index in [4.69, 9.17) is 0 Å². The Labute approximate surface area is 81.0 Å². The van der Waals surface area contributed by atoms with Gasteiger partial charge in [-0.1, -0.05) is 0 Å². The molecule has 3 heteroatoms. The van der Waals surface area contributed by atoms with E-state index in [1.165, 1.54) is 22.8 Å². The van der Waals surface area contributed by atoms with Gasteiger partial charge in [0.25, 0.3) is 0 Å². The molecule has 0 unspecified atom stereocenters. The number of rotatable bonds is 2. The third kappa shape index (κ3) is 2.08. The van der Waals surface area contributed by atoms with Crippen LogP contribution in [-0.4, -0.2) is 54.6 Å². The lowest BCUT2D eigenvalue weighted by Crippen LogP contribution is -2.19. The Morgan fingerprint density at radius 1 is 1.46 bits per heavy atom. The minimum atomic E-state index is -1.17. The monoisotopic (exact) mass is 200 g/mol. The summed E-state index contributed by atoms with van der Waals surface area (Å²) < 4.78 is 0. The van der Waals surface area contributed by atoms with E-state index in [-0.39, 0.29) is 0 Å². The quantitative estimate of drug-likeness (QED) is 0.523. The zero-order chi connectivity index (χ0) is 9.55. The predicted molar refractivity (Wildman–Crippen MR) is 64.6 cm³/mol. The molecule has 0 spiro atoms. The van der Waals surface area contributed by atoms with Gasteiger partial charge in [-0.15, -0.1) is 0 Å². The standard InChI is InChI=1S/C10H20N2S/c1-12-7-10(6-11-9-12)8-13(2,3)4-5-13/h6-7,13H,4-5,8-9H2,1-3H3. The highest BCUT2D eigenvalue weighted by atomic mass is 32.3. The molecule has 2 aliphatic heterocycles. The van der Waals surface area contributed by atoms with Crippen LogP contribution in [0.1, 0.15) is 0 Å². The summed E-state index contributed by atoms with van der Waals surface area (Å²) in [6.07, 6.45) is 9.34. The highest BCUT2D eigenvalue weighted by molar-refractivity contribution is 8.54. The fraction of sp³-hybridized carbons (Fsp3) is 0.700. The molecule has 0 saturated carbocycles. The van der Waals surface area contributed by atoms with Gasteiger partial charge in [-0.05, 0) is 35.3 Å². The summed E-state index contributed by atoms with van der Waals surface area (Å²) in [5, 5.41) is 0. The van der Waals surface area contributed by atoms with Crippen molar-refractivity contribution in [3.05, 3.63) is 11.8 Å². The number of nitrogens with zero attached hydrogens (tertiary/aromatic N) is 2. The molecule has 1 saturated heterocycles. The SMILES string of the molecule is CN1C=C(C[SH]2(C)(C)CC2)C=NC1. The first-order valence-corrected chi connectivity index (χ1v) is 8.56. The second kappa shape index (κ2) is 2.53. The molecule has 0 aromatic heterocycles. The van der Waals surface area contributed by atoms with E-state index in [9.17, 15) is 0 Å². The van der Waals surface area contributed by atoms with E-state index in [1.54, 1.807) is 0 Å². The maximum atomic E-state index is 4.34. The van der Waals surface area contributed by atoms with Gasteiger partial charge in [-0.25, -0.2) is 0 Å². The molecule has 2 rings (SSSR count). The zero-order valence-corrected chi connectivity index (χ0v) is 9.72. The molecule has 1 fully saturated rings. The lowest BCUT2D eigenvalue weighted by Gasteiger charge is -2.35. The maximum Gasteiger partial charge on any atom is 0.109 e. The van der Waals surface area contributed by atoms with Crippen LogP contribution in [0.3, 0.4) is 0 Å². The molecule has 0 atom stereocenters. The van der Waals surface area contributed by atoms with E-state index < -0.39 is 9.16 Å².